The lowest BCUT2D eigenvalue weighted by molar-refractivity contribution is -0.394. The number of benzene rings is 4. The molecule has 228 valence electrons. The van der Waals surface area contributed by atoms with E-state index in [-0.39, 0.29) is 39.8 Å². The molecule has 45 heavy (non-hydrogen) atoms. The van der Waals surface area contributed by atoms with E-state index in [0.29, 0.717) is 17.7 Å². The highest BCUT2D eigenvalue weighted by atomic mass is 16.6. The maximum Gasteiger partial charge on any atom is 0.338 e. The zero-order chi connectivity index (χ0) is 32.6. The first-order valence-corrected chi connectivity index (χ1v) is 12.5. The number of carbonyl (C=O) groups excluding carboxylic acids is 1. The van der Waals surface area contributed by atoms with E-state index in [0.717, 1.165) is 37.4 Å². The maximum atomic E-state index is 12.5. The molecule has 0 fully saturated rings. The first kappa shape index (κ1) is 29.6. The van der Waals surface area contributed by atoms with E-state index >= 15 is 0 Å². The van der Waals surface area contributed by atoms with Gasteiger partial charge in [-0.05, 0) is 36.8 Å². The Morgan fingerprint density at radius 3 is 1.60 bits per heavy atom. The van der Waals surface area contributed by atoms with Gasteiger partial charge in [-0.25, -0.2) is 4.79 Å². The van der Waals surface area contributed by atoms with Crippen molar-refractivity contribution in [3.63, 3.8) is 0 Å². The topological polar surface area (TPSA) is 241 Å². The Bertz CT molecular complexity index is 1960. The van der Waals surface area contributed by atoms with E-state index < -0.39 is 59.9 Å². The summed E-state index contributed by atoms with van der Waals surface area (Å²) in [5, 5.41) is 53.4. The minimum Gasteiger partial charge on any atom is -0.465 e. The summed E-state index contributed by atoms with van der Waals surface area (Å²) >= 11 is 0. The number of nitro benzene ring substituents is 4. The van der Waals surface area contributed by atoms with Crippen molar-refractivity contribution in [2.45, 2.75) is 6.92 Å². The lowest BCUT2D eigenvalue weighted by Gasteiger charge is -2.16. The van der Waals surface area contributed by atoms with Crippen LogP contribution in [0.15, 0.2) is 60.7 Å². The summed E-state index contributed by atoms with van der Waals surface area (Å²) in [5.74, 6) is -2.37. The summed E-state index contributed by atoms with van der Waals surface area (Å²) in [6.07, 6.45) is 0. The molecule has 1 heterocycles. The van der Waals surface area contributed by atoms with E-state index in [2.05, 4.69) is 10.6 Å². The number of aryl methyl sites for hydroxylation is 1. The molecule has 0 spiro atoms. The fraction of sp³-hybridized carbons (Fsp3) is 0.0741. The summed E-state index contributed by atoms with van der Waals surface area (Å²) in [5.41, 5.74) is -2.53. The third-order valence-corrected chi connectivity index (χ3v) is 6.48. The van der Waals surface area contributed by atoms with Gasteiger partial charge in [-0.15, -0.1) is 0 Å². The van der Waals surface area contributed by atoms with Gasteiger partial charge in [0, 0.05) is 29.6 Å². The smallest absolute Gasteiger partial charge is 0.338 e. The maximum absolute atomic E-state index is 12.5. The van der Waals surface area contributed by atoms with Crippen molar-refractivity contribution in [3.05, 3.63) is 112 Å². The quantitative estimate of drug-likeness (QED) is 0.117. The summed E-state index contributed by atoms with van der Waals surface area (Å²) in [7, 11) is 1.07. The van der Waals surface area contributed by atoms with E-state index in [9.17, 15) is 45.3 Å². The first-order chi connectivity index (χ1) is 21.3. The highest BCUT2D eigenvalue weighted by molar-refractivity contribution is 5.90. The largest absolute Gasteiger partial charge is 0.465 e. The molecule has 0 unspecified atom stereocenters. The molecule has 0 radical (unpaired) electrons. The van der Waals surface area contributed by atoms with Gasteiger partial charge in [-0.1, -0.05) is 6.07 Å². The van der Waals surface area contributed by atoms with Gasteiger partial charge in [0.1, 0.15) is 35.0 Å². The third-order valence-electron chi connectivity index (χ3n) is 6.48. The number of fused-ring (bicyclic) bond motifs is 8. The molecule has 5 rings (SSSR count). The Hall–Kier alpha value is -6.85. The number of carbonyl (C=O) groups is 1. The van der Waals surface area contributed by atoms with Gasteiger partial charge in [0.15, 0.2) is 0 Å². The number of nitrogens with one attached hydrogen (secondary N) is 2. The molecule has 0 aliphatic carbocycles. The zero-order valence-corrected chi connectivity index (χ0v) is 23.0. The molecular formula is C27H18N6O12. The second kappa shape index (κ2) is 11.4. The van der Waals surface area contributed by atoms with Gasteiger partial charge >= 0.3 is 17.3 Å². The van der Waals surface area contributed by atoms with E-state index in [1.165, 1.54) is 12.1 Å². The number of esters is 1. The van der Waals surface area contributed by atoms with Crippen LogP contribution in [0.2, 0.25) is 0 Å². The number of hydrogen-bond donors (Lipinski definition) is 2. The van der Waals surface area contributed by atoms with Gasteiger partial charge in [0.2, 0.25) is 11.5 Å². The third kappa shape index (κ3) is 5.91. The Balaban J connectivity index is 1.83. The molecule has 4 aromatic rings. The molecule has 0 amide bonds. The van der Waals surface area contributed by atoms with Crippen molar-refractivity contribution in [1.29, 1.82) is 0 Å². The van der Waals surface area contributed by atoms with Gasteiger partial charge < -0.3 is 24.8 Å². The minimum absolute atomic E-state index is 0.206. The van der Waals surface area contributed by atoms with Crippen LogP contribution in [0.1, 0.15) is 15.9 Å². The monoisotopic (exact) mass is 618 g/mol. The fourth-order valence-electron chi connectivity index (χ4n) is 4.38. The summed E-state index contributed by atoms with van der Waals surface area (Å²) < 4.78 is 16.3. The number of nitrogens with zero attached hydrogens (tertiary/aromatic N) is 4. The highest BCUT2D eigenvalue weighted by Crippen LogP contribution is 2.45. The lowest BCUT2D eigenvalue weighted by Crippen LogP contribution is -2.05. The predicted molar refractivity (Wildman–Crippen MR) is 155 cm³/mol. The van der Waals surface area contributed by atoms with Crippen molar-refractivity contribution in [2.75, 3.05) is 17.7 Å². The molecule has 8 bridgehead atoms. The molecular weight excluding hydrogens is 600 g/mol. The molecule has 0 aromatic heterocycles. The normalized spacial score (nSPS) is 11.5. The fourth-order valence-corrected chi connectivity index (χ4v) is 4.38. The number of hydrogen-bond acceptors (Lipinski definition) is 14. The summed E-state index contributed by atoms with van der Waals surface area (Å²) in [4.78, 5) is 56.7. The Labute approximate surface area is 250 Å². The van der Waals surface area contributed by atoms with Crippen LogP contribution >= 0.6 is 0 Å². The van der Waals surface area contributed by atoms with Gasteiger partial charge in [-0.2, -0.15) is 0 Å². The standard InChI is InChI=1S/C27H18N6O12/c1-13-3-4-15-7-18(13)29-20-10-26(24(33(41)42)12-22(20)31(37)38)45-17-6-14(27(34)43-2)5-16(8-17)44-25-9-19(28-15)21(30(35)36)11-23(25)32(39)40/h3-12,28-29H,1-2H3. The molecule has 0 saturated carbocycles. The average Bonchev–Trinajstić information content (AvgIpc) is 2.97. The lowest BCUT2D eigenvalue weighted by atomic mass is 10.1. The Morgan fingerprint density at radius 2 is 1.13 bits per heavy atom. The van der Waals surface area contributed by atoms with Gasteiger partial charge in [0.05, 0.1) is 32.4 Å². The van der Waals surface area contributed by atoms with Crippen molar-refractivity contribution < 1.29 is 38.7 Å². The molecule has 0 saturated heterocycles. The van der Waals surface area contributed by atoms with E-state index in [1.54, 1.807) is 13.0 Å². The molecule has 1 aliphatic rings. The van der Waals surface area contributed by atoms with Crippen LogP contribution in [0.5, 0.6) is 23.0 Å². The van der Waals surface area contributed by atoms with Crippen LogP contribution in [0, 0.1) is 47.4 Å². The van der Waals surface area contributed by atoms with Crippen LogP contribution in [-0.2, 0) is 4.74 Å². The van der Waals surface area contributed by atoms with Crippen molar-refractivity contribution in [3.8, 4) is 23.0 Å². The molecule has 18 nitrogen and oxygen atoms in total. The minimum atomic E-state index is -0.908. The van der Waals surface area contributed by atoms with Crippen LogP contribution in [0.25, 0.3) is 0 Å². The predicted octanol–water partition coefficient (Wildman–Crippen LogP) is 6.80. The zero-order valence-electron chi connectivity index (χ0n) is 23.0. The average molecular weight is 618 g/mol. The Kier molecular flexibility index (Phi) is 7.53. The highest BCUT2D eigenvalue weighted by Gasteiger charge is 2.29. The Morgan fingerprint density at radius 1 is 0.644 bits per heavy atom. The van der Waals surface area contributed by atoms with Gasteiger partial charge in [0.25, 0.3) is 11.4 Å². The molecule has 18 heteroatoms. The van der Waals surface area contributed by atoms with Crippen molar-refractivity contribution >= 4 is 51.5 Å². The number of methoxy groups -OCH3 is 1. The second-order valence-corrected chi connectivity index (χ2v) is 9.37. The number of ether oxygens (including phenoxy) is 3. The van der Waals surface area contributed by atoms with Crippen LogP contribution in [-0.4, -0.2) is 32.8 Å². The van der Waals surface area contributed by atoms with Crippen LogP contribution < -0.4 is 20.1 Å². The summed E-state index contributed by atoms with van der Waals surface area (Å²) in [6.45, 7) is 1.65. The SMILES string of the molecule is COC(=O)c1cc2cc(c1)Oc1cc(c([N+](=O)[O-])cc1[N+](=O)[O-])Nc1cc(ccc1C)Nc1cc(c([N+](=O)[O-])cc1[N+](=O)[O-])O2. The van der Waals surface area contributed by atoms with Crippen molar-refractivity contribution in [2.24, 2.45) is 0 Å². The van der Waals surface area contributed by atoms with Gasteiger partial charge in [-0.3, -0.25) is 40.5 Å². The number of rotatable bonds is 5. The number of nitro groups is 4. The molecule has 4 aromatic carbocycles. The second-order valence-electron chi connectivity index (χ2n) is 9.37. The molecule has 2 N–H and O–H groups in total. The van der Waals surface area contributed by atoms with E-state index in [1.807, 2.05) is 0 Å². The van der Waals surface area contributed by atoms with Crippen molar-refractivity contribution in [1.82, 2.24) is 0 Å². The number of anilines is 4. The van der Waals surface area contributed by atoms with Crippen LogP contribution in [0.4, 0.5) is 45.5 Å². The van der Waals surface area contributed by atoms with E-state index in [4.69, 9.17) is 14.2 Å². The molecule has 0 atom stereocenters. The molecule has 1 aliphatic heterocycles. The summed E-state index contributed by atoms with van der Waals surface area (Å²) in [6, 6.07) is 11.4. The van der Waals surface area contributed by atoms with Crippen LogP contribution in [0.3, 0.4) is 0 Å². The first-order valence-electron chi connectivity index (χ1n) is 12.5.